The fraction of sp³-hybridized carbons (Fsp3) is 0.227. The zero-order valence-electron chi connectivity index (χ0n) is 17.2. The zero-order chi connectivity index (χ0) is 24.6. The van der Waals surface area contributed by atoms with Crippen LogP contribution >= 0.6 is 15.9 Å². The van der Waals surface area contributed by atoms with Crippen molar-refractivity contribution in [1.29, 1.82) is 0 Å². The molecule has 0 spiro atoms. The molecule has 3 aromatic rings. The van der Waals surface area contributed by atoms with E-state index in [4.69, 9.17) is 0 Å². The molecule has 174 valence electrons. The van der Waals surface area contributed by atoms with E-state index in [1.165, 1.54) is 13.2 Å². The van der Waals surface area contributed by atoms with E-state index in [0.717, 1.165) is 4.90 Å². The summed E-state index contributed by atoms with van der Waals surface area (Å²) in [5.74, 6) is -0.278. The number of alkyl halides is 6. The second-order valence-corrected chi connectivity index (χ2v) is 8.09. The van der Waals surface area contributed by atoms with E-state index in [2.05, 4.69) is 25.9 Å². The number of carbonyl (C=O) groups excluding carboxylic acids is 1. The highest BCUT2D eigenvalue weighted by Crippen LogP contribution is 2.37. The van der Waals surface area contributed by atoms with Crippen molar-refractivity contribution < 1.29 is 31.1 Å². The van der Waals surface area contributed by atoms with Gasteiger partial charge in [-0.2, -0.15) is 26.3 Å². The van der Waals surface area contributed by atoms with Crippen LogP contribution in [-0.2, 0) is 18.9 Å². The molecule has 33 heavy (non-hydrogen) atoms. The molecule has 0 unspecified atom stereocenters. The number of amides is 1. The average molecular weight is 532 g/mol. The van der Waals surface area contributed by atoms with Crippen molar-refractivity contribution in [1.82, 2.24) is 14.9 Å². The molecule has 11 heteroatoms. The predicted octanol–water partition coefficient (Wildman–Crippen LogP) is 6.52. The maximum Gasteiger partial charge on any atom is 0.416 e. The van der Waals surface area contributed by atoms with Crippen molar-refractivity contribution in [3.63, 3.8) is 0 Å². The van der Waals surface area contributed by atoms with Crippen molar-refractivity contribution >= 4 is 21.8 Å². The largest absolute Gasteiger partial charge is 0.416 e. The SMILES string of the molecule is Cc1ncc(C(=O)N(C)Cc2cc(C(F)(F)F)cc(C(F)(F)F)c2)c(-c2ccccc2Br)n1. The molecule has 2 aromatic carbocycles. The lowest BCUT2D eigenvalue weighted by molar-refractivity contribution is -0.143. The number of benzene rings is 2. The van der Waals surface area contributed by atoms with Crippen LogP contribution < -0.4 is 0 Å². The van der Waals surface area contributed by atoms with Gasteiger partial charge in [-0.1, -0.05) is 34.1 Å². The number of aryl methyl sites for hydroxylation is 1. The van der Waals surface area contributed by atoms with E-state index in [9.17, 15) is 31.1 Å². The van der Waals surface area contributed by atoms with Gasteiger partial charge < -0.3 is 4.90 Å². The first-order valence-corrected chi connectivity index (χ1v) is 10.2. The summed E-state index contributed by atoms with van der Waals surface area (Å²) in [5.41, 5.74) is -2.28. The van der Waals surface area contributed by atoms with E-state index in [0.29, 0.717) is 28.0 Å². The van der Waals surface area contributed by atoms with Crippen LogP contribution in [0.25, 0.3) is 11.3 Å². The van der Waals surface area contributed by atoms with Gasteiger partial charge in [0.2, 0.25) is 0 Å². The van der Waals surface area contributed by atoms with Crippen LogP contribution in [0.4, 0.5) is 26.3 Å². The summed E-state index contributed by atoms with van der Waals surface area (Å²) < 4.78 is 79.5. The highest BCUT2D eigenvalue weighted by molar-refractivity contribution is 9.10. The number of nitrogens with zero attached hydrogens (tertiary/aromatic N) is 3. The predicted molar refractivity (Wildman–Crippen MR) is 112 cm³/mol. The Morgan fingerprint density at radius 3 is 2.12 bits per heavy atom. The summed E-state index contributed by atoms with van der Waals surface area (Å²) in [5, 5.41) is 0. The van der Waals surface area contributed by atoms with Gasteiger partial charge >= 0.3 is 12.4 Å². The monoisotopic (exact) mass is 531 g/mol. The van der Waals surface area contributed by atoms with Crippen LogP contribution in [0, 0.1) is 6.92 Å². The van der Waals surface area contributed by atoms with Crippen LogP contribution in [0.3, 0.4) is 0 Å². The number of carbonyl (C=O) groups is 1. The Balaban J connectivity index is 1.99. The Bertz CT molecular complexity index is 1160. The minimum Gasteiger partial charge on any atom is -0.337 e. The molecule has 1 amide bonds. The lowest BCUT2D eigenvalue weighted by Crippen LogP contribution is -2.27. The summed E-state index contributed by atoms with van der Waals surface area (Å²) in [6.45, 7) is 1.13. The molecule has 0 bridgehead atoms. The van der Waals surface area contributed by atoms with Crippen molar-refractivity contribution in [2.75, 3.05) is 7.05 Å². The number of halogens is 7. The van der Waals surface area contributed by atoms with Crippen LogP contribution in [0.1, 0.15) is 32.9 Å². The van der Waals surface area contributed by atoms with E-state index >= 15 is 0 Å². The van der Waals surface area contributed by atoms with Crippen LogP contribution in [0.2, 0.25) is 0 Å². The van der Waals surface area contributed by atoms with Crippen molar-refractivity contribution in [2.45, 2.75) is 25.8 Å². The summed E-state index contributed by atoms with van der Waals surface area (Å²) in [7, 11) is 1.28. The van der Waals surface area contributed by atoms with Crippen molar-refractivity contribution in [3.8, 4) is 11.3 Å². The lowest BCUT2D eigenvalue weighted by Gasteiger charge is -2.21. The molecule has 1 heterocycles. The van der Waals surface area contributed by atoms with Gasteiger partial charge in [-0.15, -0.1) is 0 Å². The van der Waals surface area contributed by atoms with Gasteiger partial charge in [-0.05, 0) is 36.8 Å². The average Bonchev–Trinajstić information content (AvgIpc) is 2.72. The molecule has 3 rings (SSSR count). The van der Waals surface area contributed by atoms with Crippen LogP contribution in [0.5, 0.6) is 0 Å². The molecular formula is C22H16BrF6N3O. The second-order valence-electron chi connectivity index (χ2n) is 7.23. The lowest BCUT2D eigenvalue weighted by atomic mass is 10.0. The van der Waals surface area contributed by atoms with E-state index < -0.39 is 35.9 Å². The fourth-order valence-electron chi connectivity index (χ4n) is 3.15. The molecule has 0 radical (unpaired) electrons. The summed E-state index contributed by atoms with van der Waals surface area (Å²) in [4.78, 5) is 22.5. The third-order valence-electron chi connectivity index (χ3n) is 4.68. The number of hydrogen-bond donors (Lipinski definition) is 0. The first-order valence-electron chi connectivity index (χ1n) is 9.39. The van der Waals surface area contributed by atoms with Crippen LogP contribution in [0.15, 0.2) is 53.1 Å². The molecule has 0 N–H and O–H groups in total. The Labute approximate surface area is 193 Å². The van der Waals surface area contributed by atoms with Gasteiger partial charge in [0.05, 0.1) is 22.4 Å². The molecule has 0 fully saturated rings. The normalized spacial score (nSPS) is 12.0. The third-order valence-corrected chi connectivity index (χ3v) is 5.37. The quantitative estimate of drug-likeness (QED) is 0.360. The highest BCUT2D eigenvalue weighted by atomic mass is 79.9. The summed E-state index contributed by atoms with van der Waals surface area (Å²) in [6, 6.07) is 8.19. The molecule has 0 atom stereocenters. The number of rotatable bonds is 4. The van der Waals surface area contributed by atoms with Gasteiger partial charge in [-0.25, -0.2) is 9.97 Å². The van der Waals surface area contributed by atoms with Gasteiger partial charge in [0.1, 0.15) is 5.82 Å². The first kappa shape index (κ1) is 24.7. The van der Waals surface area contributed by atoms with Gasteiger partial charge in [0.15, 0.2) is 0 Å². The van der Waals surface area contributed by atoms with Gasteiger partial charge in [-0.3, -0.25) is 4.79 Å². The molecule has 0 saturated heterocycles. The zero-order valence-corrected chi connectivity index (χ0v) is 18.8. The van der Waals surface area contributed by atoms with E-state index in [-0.39, 0.29) is 22.9 Å². The van der Waals surface area contributed by atoms with E-state index in [1.54, 1.807) is 31.2 Å². The first-order chi connectivity index (χ1) is 15.3. The van der Waals surface area contributed by atoms with Crippen molar-refractivity contribution in [3.05, 3.63) is 81.2 Å². The van der Waals surface area contributed by atoms with Crippen molar-refractivity contribution in [2.24, 2.45) is 0 Å². The molecule has 4 nitrogen and oxygen atoms in total. The Morgan fingerprint density at radius 2 is 1.58 bits per heavy atom. The standard InChI is InChI=1S/C22H16BrF6N3O/c1-12-30-10-17(19(31-12)16-5-3-4-6-18(16)23)20(33)32(2)11-13-7-14(21(24,25)26)9-15(8-13)22(27,28)29/h3-10H,11H2,1-2H3. The fourth-order valence-corrected chi connectivity index (χ4v) is 3.62. The minimum absolute atomic E-state index is 0.0458. The molecular weight excluding hydrogens is 516 g/mol. The molecule has 0 aliphatic carbocycles. The highest BCUT2D eigenvalue weighted by Gasteiger charge is 2.37. The Morgan fingerprint density at radius 1 is 1.00 bits per heavy atom. The summed E-state index contributed by atoms with van der Waals surface area (Å²) >= 11 is 3.39. The number of aromatic nitrogens is 2. The van der Waals surface area contributed by atoms with Gasteiger partial charge in [0.25, 0.3) is 5.91 Å². The molecule has 0 aliphatic rings. The molecule has 0 saturated carbocycles. The maximum atomic E-state index is 13.1. The Kier molecular flexibility index (Phi) is 6.83. The smallest absolute Gasteiger partial charge is 0.337 e. The molecule has 1 aromatic heterocycles. The summed E-state index contributed by atoms with van der Waals surface area (Å²) in [6.07, 6.45) is -8.67. The second kappa shape index (κ2) is 9.12. The van der Waals surface area contributed by atoms with E-state index in [1.807, 2.05) is 0 Å². The third kappa shape index (κ3) is 5.70. The number of hydrogen-bond acceptors (Lipinski definition) is 3. The topological polar surface area (TPSA) is 46.1 Å². The Hall–Kier alpha value is -2.95. The van der Waals surface area contributed by atoms with Crippen LogP contribution in [-0.4, -0.2) is 27.8 Å². The van der Waals surface area contributed by atoms with Gasteiger partial charge in [0, 0.05) is 29.8 Å². The molecule has 0 aliphatic heterocycles. The minimum atomic E-state index is -4.98. The maximum absolute atomic E-state index is 13.1.